The fraction of sp³-hybridized carbons (Fsp3) is 0.235. The van der Waals surface area contributed by atoms with Crippen LogP contribution in [0.25, 0.3) is 0 Å². The average Bonchev–Trinajstić information content (AvgIpc) is 2.61. The van der Waals surface area contributed by atoms with E-state index in [1.165, 1.54) is 12.1 Å². The second kappa shape index (κ2) is 6.92. The first-order chi connectivity index (χ1) is 11.5. The molecule has 1 heterocycles. The van der Waals surface area contributed by atoms with E-state index in [1.807, 2.05) is 0 Å². The molecule has 0 aromatic heterocycles. The molecule has 1 amide bonds. The van der Waals surface area contributed by atoms with Crippen molar-refractivity contribution in [3.8, 4) is 11.5 Å². The molecule has 0 radical (unpaired) electrons. The topological polar surface area (TPSA) is 81.7 Å². The van der Waals surface area contributed by atoms with Crippen LogP contribution in [-0.4, -0.2) is 33.3 Å². The number of sulfone groups is 1. The van der Waals surface area contributed by atoms with E-state index >= 15 is 0 Å². The van der Waals surface area contributed by atoms with Crippen LogP contribution < -0.4 is 14.8 Å². The smallest absolute Gasteiger partial charge is 0.225 e. The van der Waals surface area contributed by atoms with Crippen molar-refractivity contribution < 1.29 is 22.7 Å². The van der Waals surface area contributed by atoms with Gasteiger partial charge in [0.15, 0.2) is 21.3 Å². The predicted molar refractivity (Wildman–Crippen MR) is 89.2 cm³/mol. The zero-order valence-electron chi connectivity index (χ0n) is 12.9. The maximum Gasteiger partial charge on any atom is 0.225 e. The number of amides is 1. The molecule has 2 aromatic rings. The lowest BCUT2D eigenvalue weighted by Gasteiger charge is -2.19. The summed E-state index contributed by atoms with van der Waals surface area (Å²) < 4.78 is 35.2. The highest BCUT2D eigenvalue weighted by Gasteiger charge is 2.17. The normalized spacial score (nSPS) is 13.3. The lowest BCUT2D eigenvalue weighted by molar-refractivity contribution is -0.115. The number of nitrogens with one attached hydrogen (secondary N) is 1. The van der Waals surface area contributed by atoms with Gasteiger partial charge < -0.3 is 14.8 Å². The van der Waals surface area contributed by atoms with Crippen molar-refractivity contribution in [1.29, 1.82) is 0 Å². The van der Waals surface area contributed by atoms with Gasteiger partial charge in [-0.1, -0.05) is 18.2 Å². The molecule has 0 saturated carbocycles. The van der Waals surface area contributed by atoms with E-state index in [4.69, 9.17) is 9.47 Å². The Bertz CT molecular complexity index is 833. The molecule has 1 N–H and O–H groups in total. The average molecular weight is 347 g/mol. The molecule has 0 aliphatic carbocycles. The summed E-state index contributed by atoms with van der Waals surface area (Å²) in [5.74, 6) is 0.584. The van der Waals surface area contributed by atoms with E-state index in [0.717, 1.165) is 0 Å². The molecule has 0 atom stereocenters. The van der Waals surface area contributed by atoms with Crippen LogP contribution in [0.15, 0.2) is 53.4 Å². The number of carbonyl (C=O) groups excluding carboxylic acids is 1. The fourth-order valence-electron chi connectivity index (χ4n) is 2.32. The number of anilines is 1. The van der Waals surface area contributed by atoms with E-state index in [1.54, 1.807) is 36.4 Å². The number of hydrogen-bond acceptors (Lipinski definition) is 5. The van der Waals surface area contributed by atoms with Gasteiger partial charge in [-0.15, -0.1) is 0 Å². The highest BCUT2D eigenvalue weighted by Crippen LogP contribution is 2.32. The molecule has 24 heavy (non-hydrogen) atoms. The van der Waals surface area contributed by atoms with Gasteiger partial charge in [0.1, 0.15) is 13.2 Å². The maximum atomic E-state index is 12.2. The third-order valence-electron chi connectivity index (χ3n) is 3.53. The van der Waals surface area contributed by atoms with Crippen LogP contribution in [0.5, 0.6) is 11.5 Å². The standard InChI is InChI=1S/C17H17NO5S/c19-17(8-11-24(20,21)14-4-2-1-3-5-14)18-13-6-7-15-16(12-13)23-10-9-22-15/h1-7,12H,8-11H2,(H,18,19). The Morgan fingerprint density at radius 3 is 2.46 bits per heavy atom. The number of ether oxygens (including phenoxy) is 2. The van der Waals surface area contributed by atoms with E-state index < -0.39 is 9.84 Å². The van der Waals surface area contributed by atoms with Gasteiger partial charge in [0.25, 0.3) is 0 Å². The quantitative estimate of drug-likeness (QED) is 0.897. The van der Waals surface area contributed by atoms with Gasteiger partial charge in [-0.2, -0.15) is 0 Å². The van der Waals surface area contributed by atoms with Gasteiger partial charge in [-0.25, -0.2) is 8.42 Å². The summed E-state index contributed by atoms with van der Waals surface area (Å²) in [7, 11) is -3.47. The highest BCUT2D eigenvalue weighted by atomic mass is 32.2. The molecule has 0 unspecified atom stereocenters. The minimum Gasteiger partial charge on any atom is -0.486 e. The molecule has 7 heteroatoms. The summed E-state index contributed by atoms with van der Waals surface area (Å²) in [4.78, 5) is 12.2. The zero-order valence-corrected chi connectivity index (χ0v) is 13.7. The predicted octanol–water partition coefficient (Wildman–Crippen LogP) is 2.26. The zero-order chi connectivity index (χ0) is 17.0. The fourth-order valence-corrected chi connectivity index (χ4v) is 3.58. The SMILES string of the molecule is O=C(CCS(=O)(=O)c1ccccc1)Nc1ccc2c(c1)OCCO2. The van der Waals surface area contributed by atoms with Gasteiger partial charge in [-0.3, -0.25) is 4.79 Å². The molecule has 3 rings (SSSR count). The summed E-state index contributed by atoms with van der Waals surface area (Å²) in [6.07, 6.45) is -0.119. The van der Waals surface area contributed by atoms with Crippen LogP contribution in [0.3, 0.4) is 0 Å². The van der Waals surface area contributed by atoms with Gasteiger partial charge in [0, 0.05) is 18.2 Å². The third kappa shape index (κ3) is 3.86. The summed E-state index contributed by atoms with van der Waals surface area (Å²) in [6.45, 7) is 0.954. The molecule has 0 saturated heterocycles. The van der Waals surface area contributed by atoms with E-state index in [-0.39, 0.29) is 23.0 Å². The van der Waals surface area contributed by atoms with Crippen molar-refractivity contribution >= 4 is 21.4 Å². The first-order valence-electron chi connectivity index (χ1n) is 7.52. The van der Waals surface area contributed by atoms with Crippen LogP contribution in [0.4, 0.5) is 5.69 Å². The number of rotatable bonds is 5. The molecule has 1 aliphatic rings. The Morgan fingerprint density at radius 1 is 1.00 bits per heavy atom. The van der Waals surface area contributed by atoms with Gasteiger partial charge in [0.2, 0.25) is 5.91 Å². The number of carbonyl (C=O) groups is 1. The summed E-state index contributed by atoms with van der Waals surface area (Å²) >= 11 is 0. The lowest BCUT2D eigenvalue weighted by Crippen LogP contribution is -2.18. The van der Waals surface area contributed by atoms with E-state index in [0.29, 0.717) is 30.4 Å². The molecule has 1 aliphatic heterocycles. The van der Waals surface area contributed by atoms with Crippen LogP contribution in [0.1, 0.15) is 6.42 Å². The van der Waals surface area contributed by atoms with Gasteiger partial charge >= 0.3 is 0 Å². The molecule has 6 nitrogen and oxygen atoms in total. The van der Waals surface area contributed by atoms with Crippen molar-refractivity contribution in [3.63, 3.8) is 0 Å². The molecule has 126 valence electrons. The summed E-state index contributed by atoms with van der Waals surface area (Å²) in [5, 5.41) is 2.68. The Balaban J connectivity index is 1.60. The summed E-state index contributed by atoms with van der Waals surface area (Å²) in [5.41, 5.74) is 0.543. The Kier molecular flexibility index (Phi) is 4.71. The minimum absolute atomic E-state index is 0.119. The largest absolute Gasteiger partial charge is 0.486 e. The number of hydrogen-bond donors (Lipinski definition) is 1. The molecular formula is C17H17NO5S. The molecule has 0 bridgehead atoms. The van der Waals surface area contributed by atoms with Crippen LogP contribution in [-0.2, 0) is 14.6 Å². The van der Waals surface area contributed by atoms with Crippen molar-refractivity contribution in [3.05, 3.63) is 48.5 Å². The maximum absolute atomic E-state index is 12.2. The molecule has 0 fully saturated rings. The Hall–Kier alpha value is -2.54. The van der Waals surface area contributed by atoms with Gasteiger partial charge in [0.05, 0.1) is 10.6 Å². The number of fused-ring (bicyclic) bond motifs is 1. The number of benzene rings is 2. The lowest BCUT2D eigenvalue weighted by atomic mass is 10.2. The van der Waals surface area contributed by atoms with Gasteiger partial charge in [-0.05, 0) is 24.3 Å². The first-order valence-corrected chi connectivity index (χ1v) is 9.17. The van der Waals surface area contributed by atoms with Crippen molar-refractivity contribution in [2.24, 2.45) is 0 Å². The molecular weight excluding hydrogens is 330 g/mol. The first kappa shape index (κ1) is 16.3. The minimum atomic E-state index is -3.47. The van der Waals surface area contributed by atoms with Crippen LogP contribution in [0, 0.1) is 0 Å². The highest BCUT2D eigenvalue weighted by molar-refractivity contribution is 7.91. The summed E-state index contributed by atoms with van der Waals surface area (Å²) in [6, 6.07) is 13.2. The third-order valence-corrected chi connectivity index (χ3v) is 5.26. The van der Waals surface area contributed by atoms with Crippen molar-refractivity contribution in [2.75, 3.05) is 24.3 Å². The second-order valence-corrected chi connectivity index (χ2v) is 7.40. The van der Waals surface area contributed by atoms with Crippen molar-refractivity contribution in [2.45, 2.75) is 11.3 Å². The van der Waals surface area contributed by atoms with Crippen LogP contribution in [0.2, 0.25) is 0 Å². The van der Waals surface area contributed by atoms with E-state index in [2.05, 4.69) is 5.32 Å². The van der Waals surface area contributed by atoms with Crippen molar-refractivity contribution in [1.82, 2.24) is 0 Å². The molecule has 2 aromatic carbocycles. The van der Waals surface area contributed by atoms with Crippen LogP contribution >= 0.6 is 0 Å². The monoisotopic (exact) mass is 347 g/mol. The van der Waals surface area contributed by atoms with E-state index in [9.17, 15) is 13.2 Å². The second-order valence-electron chi connectivity index (χ2n) is 5.29. The molecule has 0 spiro atoms. The Morgan fingerprint density at radius 2 is 1.71 bits per heavy atom. The Labute approximate surface area is 140 Å².